The van der Waals surface area contributed by atoms with E-state index in [4.69, 9.17) is 21.1 Å². The van der Waals surface area contributed by atoms with E-state index in [0.29, 0.717) is 16.5 Å². The molecule has 0 spiro atoms. The number of hydrogen-bond acceptors (Lipinski definition) is 6. The van der Waals surface area contributed by atoms with Gasteiger partial charge in [0.15, 0.2) is 6.73 Å². The number of rotatable bonds is 8. The minimum atomic E-state index is -0.555. The van der Waals surface area contributed by atoms with Crippen LogP contribution >= 0.6 is 11.6 Å². The van der Waals surface area contributed by atoms with Crippen LogP contribution in [0.4, 0.5) is 11.4 Å². The van der Waals surface area contributed by atoms with Gasteiger partial charge in [0.05, 0.1) is 21.7 Å². The Bertz CT molecular complexity index is 1350. The number of benzene rings is 3. The summed E-state index contributed by atoms with van der Waals surface area (Å²) in [6, 6.07) is 19.8. The number of nitrogens with one attached hydrogen (secondary N) is 1. The predicted molar refractivity (Wildman–Crippen MR) is 127 cm³/mol. The Balaban J connectivity index is 1.53. The Morgan fingerprint density at radius 1 is 1.09 bits per heavy atom. The third kappa shape index (κ3) is 5.51. The van der Waals surface area contributed by atoms with Crippen LogP contribution in [0.1, 0.15) is 16.1 Å². The zero-order valence-electron chi connectivity index (χ0n) is 18.0. The Labute approximate surface area is 199 Å². The summed E-state index contributed by atoms with van der Waals surface area (Å²) in [5.74, 6) is 0.656. The van der Waals surface area contributed by atoms with Crippen LogP contribution in [0.5, 0.6) is 17.2 Å². The molecule has 172 valence electrons. The van der Waals surface area contributed by atoms with Gasteiger partial charge in [-0.25, -0.2) is 4.68 Å². The number of hydrogen-bond donors (Lipinski definition) is 1. The van der Waals surface area contributed by atoms with E-state index in [1.54, 1.807) is 36.4 Å². The van der Waals surface area contributed by atoms with Crippen molar-refractivity contribution in [3.8, 4) is 17.2 Å². The molecule has 0 aliphatic rings. The van der Waals surface area contributed by atoms with Crippen LogP contribution in [-0.4, -0.2) is 20.6 Å². The summed E-state index contributed by atoms with van der Waals surface area (Å²) in [6.45, 7) is 1.85. The van der Waals surface area contributed by atoms with Crippen LogP contribution in [0, 0.1) is 17.0 Å². The van der Waals surface area contributed by atoms with Crippen molar-refractivity contribution >= 4 is 28.9 Å². The standard InChI is InChI=1S/C24H19ClN4O5/c1-16-5-4-6-19(11-16)34-20-13-17(12-18(14-20)29(31)32)27-24(30)22-9-10-26-28(22)15-33-23-8-3-2-7-21(23)25/h2-14H,15H2,1H3,(H,27,30). The lowest BCUT2D eigenvalue weighted by Crippen LogP contribution is -2.19. The molecule has 4 aromatic rings. The summed E-state index contributed by atoms with van der Waals surface area (Å²) in [5.41, 5.74) is 1.14. The summed E-state index contributed by atoms with van der Waals surface area (Å²) in [6.07, 6.45) is 1.45. The number of non-ortho nitro benzene ring substituents is 1. The lowest BCUT2D eigenvalue weighted by molar-refractivity contribution is -0.384. The molecule has 1 amide bonds. The van der Waals surface area contributed by atoms with Crippen molar-refractivity contribution in [2.24, 2.45) is 0 Å². The third-order valence-electron chi connectivity index (χ3n) is 4.71. The normalized spacial score (nSPS) is 10.5. The summed E-state index contributed by atoms with van der Waals surface area (Å²) in [4.78, 5) is 23.8. The summed E-state index contributed by atoms with van der Waals surface area (Å²) < 4.78 is 12.8. The van der Waals surface area contributed by atoms with E-state index in [2.05, 4.69) is 10.4 Å². The topological polar surface area (TPSA) is 109 Å². The molecule has 34 heavy (non-hydrogen) atoms. The number of carbonyl (C=O) groups is 1. The highest BCUT2D eigenvalue weighted by Gasteiger charge is 2.17. The van der Waals surface area contributed by atoms with Crippen molar-refractivity contribution in [2.45, 2.75) is 13.7 Å². The summed E-state index contributed by atoms with van der Waals surface area (Å²) >= 11 is 6.10. The number of ether oxygens (including phenoxy) is 2. The second kappa shape index (κ2) is 10.1. The van der Waals surface area contributed by atoms with Gasteiger partial charge in [0.2, 0.25) is 0 Å². The second-order valence-electron chi connectivity index (χ2n) is 7.27. The van der Waals surface area contributed by atoms with Crippen molar-refractivity contribution in [2.75, 3.05) is 5.32 Å². The molecule has 10 heteroatoms. The Morgan fingerprint density at radius 3 is 2.68 bits per heavy atom. The Hall–Kier alpha value is -4.37. The van der Waals surface area contributed by atoms with Gasteiger partial charge in [0, 0.05) is 18.3 Å². The molecule has 0 fully saturated rings. The third-order valence-corrected chi connectivity index (χ3v) is 5.03. The average molecular weight is 479 g/mol. The van der Waals surface area contributed by atoms with Gasteiger partial charge in [-0.2, -0.15) is 5.10 Å². The Morgan fingerprint density at radius 2 is 1.91 bits per heavy atom. The predicted octanol–water partition coefficient (Wildman–Crippen LogP) is 5.83. The number of amides is 1. The fourth-order valence-corrected chi connectivity index (χ4v) is 3.34. The number of aryl methyl sites for hydroxylation is 1. The minimum Gasteiger partial charge on any atom is -0.470 e. The molecular formula is C24H19ClN4O5. The molecule has 0 aliphatic heterocycles. The molecule has 0 radical (unpaired) electrons. The largest absolute Gasteiger partial charge is 0.470 e. The molecular weight excluding hydrogens is 460 g/mol. The maximum atomic E-state index is 12.9. The first kappa shape index (κ1) is 22.8. The van der Waals surface area contributed by atoms with Crippen LogP contribution in [0.15, 0.2) is 79.0 Å². The van der Waals surface area contributed by atoms with E-state index in [0.717, 1.165) is 5.56 Å². The van der Waals surface area contributed by atoms with Crippen LogP contribution in [0.25, 0.3) is 0 Å². The summed E-state index contributed by atoms with van der Waals surface area (Å²) in [5, 5.41) is 18.6. The highest BCUT2D eigenvalue weighted by molar-refractivity contribution is 6.32. The SMILES string of the molecule is Cc1cccc(Oc2cc(NC(=O)c3ccnn3COc3ccccc3Cl)cc([N+](=O)[O-])c2)c1. The molecule has 1 aromatic heterocycles. The molecule has 0 aliphatic carbocycles. The van der Waals surface area contributed by atoms with E-state index >= 15 is 0 Å². The quantitative estimate of drug-likeness (QED) is 0.252. The molecule has 4 rings (SSSR count). The van der Waals surface area contributed by atoms with E-state index in [9.17, 15) is 14.9 Å². The summed E-state index contributed by atoms with van der Waals surface area (Å²) in [7, 11) is 0. The lowest BCUT2D eigenvalue weighted by Gasteiger charge is -2.12. The van der Waals surface area contributed by atoms with Gasteiger partial charge < -0.3 is 14.8 Å². The fraction of sp³-hybridized carbons (Fsp3) is 0.0833. The zero-order chi connectivity index (χ0) is 24.1. The molecule has 1 heterocycles. The average Bonchev–Trinajstić information content (AvgIpc) is 3.27. The second-order valence-corrected chi connectivity index (χ2v) is 7.67. The van der Waals surface area contributed by atoms with Gasteiger partial charge in [-0.1, -0.05) is 35.9 Å². The lowest BCUT2D eigenvalue weighted by atomic mass is 10.2. The highest BCUT2D eigenvalue weighted by Crippen LogP contribution is 2.30. The van der Waals surface area contributed by atoms with Gasteiger partial charge in [-0.3, -0.25) is 14.9 Å². The van der Waals surface area contributed by atoms with E-state index in [1.165, 1.54) is 35.1 Å². The van der Waals surface area contributed by atoms with Crippen LogP contribution in [-0.2, 0) is 6.73 Å². The molecule has 0 atom stereocenters. The maximum Gasteiger partial charge on any atom is 0.275 e. The number of para-hydroxylation sites is 1. The fourth-order valence-electron chi connectivity index (χ4n) is 3.15. The zero-order valence-corrected chi connectivity index (χ0v) is 18.7. The highest BCUT2D eigenvalue weighted by atomic mass is 35.5. The number of anilines is 1. The smallest absolute Gasteiger partial charge is 0.275 e. The van der Waals surface area contributed by atoms with Crippen molar-refractivity contribution < 1.29 is 19.2 Å². The first-order chi connectivity index (χ1) is 16.4. The maximum absolute atomic E-state index is 12.9. The van der Waals surface area contributed by atoms with Crippen LogP contribution in [0.3, 0.4) is 0 Å². The van der Waals surface area contributed by atoms with Crippen molar-refractivity contribution in [3.05, 3.63) is 105 Å². The number of nitrogens with zero attached hydrogens (tertiary/aromatic N) is 3. The molecule has 0 saturated heterocycles. The van der Waals surface area contributed by atoms with Crippen molar-refractivity contribution in [1.82, 2.24) is 9.78 Å². The van der Waals surface area contributed by atoms with Crippen molar-refractivity contribution in [1.29, 1.82) is 0 Å². The molecule has 0 unspecified atom stereocenters. The molecule has 0 saturated carbocycles. The van der Waals surface area contributed by atoms with Crippen LogP contribution in [0.2, 0.25) is 5.02 Å². The van der Waals surface area contributed by atoms with E-state index in [-0.39, 0.29) is 29.5 Å². The van der Waals surface area contributed by atoms with Crippen LogP contribution < -0.4 is 14.8 Å². The molecule has 9 nitrogen and oxygen atoms in total. The van der Waals surface area contributed by atoms with Gasteiger partial charge in [0.1, 0.15) is 22.9 Å². The Kier molecular flexibility index (Phi) is 6.74. The molecule has 3 aromatic carbocycles. The molecule has 0 bridgehead atoms. The van der Waals surface area contributed by atoms with Gasteiger partial charge >= 0.3 is 0 Å². The van der Waals surface area contributed by atoms with Gasteiger partial charge in [-0.05, 0) is 42.8 Å². The van der Waals surface area contributed by atoms with Gasteiger partial charge in [-0.15, -0.1) is 0 Å². The minimum absolute atomic E-state index is 0.0594. The number of carbonyl (C=O) groups excluding carboxylic acids is 1. The number of nitro benzene ring substituents is 1. The van der Waals surface area contributed by atoms with Crippen molar-refractivity contribution in [3.63, 3.8) is 0 Å². The van der Waals surface area contributed by atoms with Gasteiger partial charge in [0.25, 0.3) is 11.6 Å². The number of halogens is 1. The molecule has 1 N–H and O–H groups in total. The first-order valence-electron chi connectivity index (χ1n) is 10.1. The number of aromatic nitrogens is 2. The van der Waals surface area contributed by atoms with E-state index < -0.39 is 10.8 Å². The monoisotopic (exact) mass is 478 g/mol. The van der Waals surface area contributed by atoms with E-state index in [1.807, 2.05) is 19.1 Å². The first-order valence-corrected chi connectivity index (χ1v) is 10.5. The number of nitro groups is 1.